The molecule has 0 aliphatic carbocycles. The fourth-order valence-corrected chi connectivity index (χ4v) is 1.62. The normalized spacial score (nSPS) is 10.7. The van der Waals surface area contributed by atoms with E-state index in [1.807, 2.05) is 17.8 Å². The number of hydrogen-bond acceptors (Lipinski definition) is 4. The molecule has 0 aromatic carbocycles. The van der Waals surface area contributed by atoms with Crippen molar-refractivity contribution in [3.05, 3.63) is 41.9 Å². The minimum absolute atomic E-state index is 0.0206. The van der Waals surface area contributed by atoms with E-state index in [1.54, 1.807) is 18.3 Å². The third-order valence-corrected chi connectivity index (χ3v) is 2.63. The molecule has 2 heterocycles. The second kappa shape index (κ2) is 4.97. The zero-order chi connectivity index (χ0) is 12.3. The molecule has 2 aromatic heterocycles. The average molecular weight is 233 g/mol. The molecule has 2 N–H and O–H groups in total. The van der Waals surface area contributed by atoms with E-state index < -0.39 is 0 Å². The van der Waals surface area contributed by atoms with E-state index in [2.05, 4.69) is 4.98 Å². The molecule has 90 valence electrons. The van der Waals surface area contributed by atoms with Gasteiger partial charge in [0.2, 0.25) is 0 Å². The number of rotatable bonds is 5. The summed E-state index contributed by atoms with van der Waals surface area (Å²) in [4.78, 5) is 16.0. The molecule has 0 aliphatic heterocycles. The summed E-state index contributed by atoms with van der Waals surface area (Å²) in [7, 11) is 1.91. The third-order valence-electron chi connectivity index (χ3n) is 2.63. The first-order valence-electron chi connectivity index (χ1n) is 5.49. The van der Waals surface area contributed by atoms with Crippen molar-refractivity contribution in [2.24, 2.45) is 12.8 Å². The van der Waals surface area contributed by atoms with Gasteiger partial charge in [-0.05, 0) is 12.1 Å². The van der Waals surface area contributed by atoms with E-state index >= 15 is 0 Å². The van der Waals surface area contributed by atoms with Crippen LogP contribution in [0.15, 0.2) is 28.9 Å². The number of Topliss-reactive ketones (excluding diaryl/α,β-unsaturated/α-hetero) is 1. The van der Waals surface area contributed by atoms with Gasteiger partial charge in [0.15, 0.2) is 11.5 Å². The summed E-state index contributed by atoms with van der Waals surface area (Å²) >= 11 is 0. The summed E-state index contributed by atoms with van der Waals surface area (Å²) in [6.45, 7) is 0.312. The van der Waals surface area contributed by atoms with Crippen LogP contribution in [0.25, 0.3) is 0 Å². The van der Waals surface area contributed by atoms with Gasteiger partial charge < -0.3 is 14.7 Å². The highest BCUT2D eigenvalue weighted by atomic mass is 16.3. The van der Waals surface area contributed by atoms with E-state index in [0.717, 1.165) is 5.82 Å². The van der Waals surface area contributed by atoms with Gasteiger partial charge in [0.1, 0.15) is 11.6 Å². The largest absolute Gasteiger partial charge is 0.457 e. The summed E-state index contributed by atoms with van der Waals surface area (Å²) in [6.07, 6.45) is 4.59. The van der Waals surface area contributed by atoms with Crippen LogP contribution in [-0.2, 0) is 20.0 Å². The summed E-state index contributed by atoms with van der Waals surface area (Å²) in [6, 6.07) is 3.40. The molecule has 0 spiro atoms. The molecule has 0 fully saturated rings. The second-order valence-corrected chi connectivity index (χ2v) is 3.85. The van der Waals surface area contributed by atoms with Gasteiger partial charge in [-0.25, -0.2) is 4.98 Å². The van der Waals surface area contributed by atoms with Crippen LogP contribution < -0.4 is 5.73 Å². The molecule has 5 nitrogen and oxygen atoms in total. The minimum Gasteiger partial charge on any atom is -0.457 e. The van der Waals surface area contributed by atoms with Crippen LogP contribution in [0.1, 0.15) is 28.6 Å². The van der Waals surface area contributed by atoms with E-state index in [4.69, 9.17) is 10.2 Å². The zero-order valence-corrected chi connectivity index (χ0v) is 9.72. The smallest absolute Gasteiger partial charge is 0.198 e. The van der Waals surface area contributed by atoms with E-state index in [-0.39, 0.29) is 5.78 Å². The lowest BCUT2D eigenvalue weighted by molar-refractivity contribution is 0.0953. The maximum Gasteiger partial charge on any atom is 0.198 e. The molecule has 0 unspecified atom stereocenters. The first-order chi connectivity index (χ1) is 8.20. The Hall–Kier alpha value is -1.88. The van der Waals surface area contributed by atoms with Crippen LogP contribution in [0.3, 0.4) is 0 Å². The molecule has 0 saturated carbocycles. The summed E-state index contributed by atoms with van der Waals surface area (Å²) in [5.74, 6) is 1.88. The van der Waals surface area contributed by atoms with E-state index in [1.165, 1.54) is 0 Å². The van der Waals surface area contributed by atoms with Crippen molar-refractivity contribution in [1.82, 2.24) is 9.55 Å². The monoisotopic (exact) mass is 233 g/mol. The molecule has 2 aromatic rings. The van der Waals surface area contributed by atoms with Gasteiger partial charge in [-0.3, -0.25) is 4.79 Å². The number of carbonyl (C=O) groups is 1. The SMILES string of the molecule is Cn1ccnc1CCC(=O)c1ccc(CN)o1. The number of hydrogen-bond donors (Lipinski definition) is 1. The van der Waals surface area contributed by atoms with Crippen molar-refractivity contribution in [1.29, 1.82) is 0 Å². The van der Waals surface area contributed by atoms with E-state index in [9.17, 15) is 4.79 Å². The molecule has 0 amide bonds. The van der Waals surface area contributed by atoms with Crippen LogP contribution in [0.4, 0.5) is 0 Å². The number of nitrogens with zero attached hydrogens (tertiary/aromatic N) is 2. The maximum atomic E-state index is 11.8. The van der Waals surface area contributed by atoms with Crippen molar-refractivity contribution in [2.45, 2.75) is 19.4 Å². The Morgan fingerprint density at radius 1 is 1.53 bits per heavy atom. The van der Waals surface area contributed by atoms with Gasteiger partial charge >= 0.3 is 0 Å². The molecular formula is C12H15N3O2. The fourth-order valence-electron chi connectivity index (χ4n) is 1.62. The summed E-state index contributed by atoms with van der Waals surface area (Å²) in [5.41, 5.74) is 5.42. The summed E-state index contributed by atoms with van der Waals surface area (Å²) < 4.78 is 7.20. The lowest BCUT2D eigenvalue weighted by atomic mass is 10.2. The highest BCUT2D eigenvalue weighted by molar-refractivity contribution is 5.93. The zero-order valence-electron chi connectivity index (χ0n) is 9.72. The standard InChI is InChI=1S/C12H15N3O2/c1-15-7-6-14-12(15)5-3-10(16)11-4-2-9(8-13)17-11/h2,4,6-7H,3,5,8,13H2,1H3. The van der Waals surface area contributed by atoms with Gasteiger partial charge in [0, 0.05) is 32.3 Å². The topological polar surface area (TPSA) is 74.0 Å². The van der Waals surface area contributed by atoms with Gasteiger partial charge in [0.05, 0.1) is 6.54 Å². The van der Waals surface area contributed by atoms with Crippen molar-refractivity contribution >= 4 is 5.78 Å². The molecular weight excluding hydrogens is 218 g/mol. The highest BCUT2D eigenvalue weighted by Gasteiger charge is 2.12. The molecule has 0 bridgehead atoms. The number of aryl methyl sites for hydroxylation is 2. The Kier molecular flexibility index (Phi) is 3.39. The first kappa shape index (κ1) is 11.6. The van der Waals surface area contributed by atoms with Crippen LogP contribution in [0.5, 0.6) is 0 Å². The summed E-state index contributed by atoms with van der Waals surface area (Å²) in [5, 5.41) is 0. The number of carbonyl (C=O) groups excluding carboxylic acids is 1. The van der Waals surface area contributed by atoms with Crippen LogP contribution in [0, 0.1) is 0 Å². The Labute approximate surface area is 99.2 Å². The van der Waals surface area contributed by atoms with Crippen molar-refractivity contribution < 1.29 is 9.21 Å². The quantitative estimate of drug-likeness (QED) is 0.789. The molecule has 0 aliphatic rings. The first-order valence-corrected chi connectivity index (χ1v) is 5.49. The van der Waals surface area contributed by atoms with Crippen LogP contribution in [-0.4, -0.2) is 15.3 Å². The average Bonchev–Trinajstić information content (AvgIpc) is 2.94. The number of ketones is 1. The predicted molar refractivity (Wildman–Crippen MR) is 62.5 cm³/mol. The fraction of sp³-hybridized carbons (Fsp3) is 0.333. The molecule has 0 radical (unpaired) electrons. The number of furan rings is 1. The molecule has 17 heavy (non-hydrogen) atoms. The Morgan fingerprint density at radius 3 is 2.94 bits per heavy atom. The van der Waals surface area contributed by atoms with Gasteiger partial charge in [-0.1, -0.05) is 0 Å². The lowest BCUT2D eigenvalue weighted by Gasteiger charge is -2.00. The number of nitrogens with two attached hydrogens (primary N) is 1. The Balaban J connectivity index is 1.95. The van der Waals surface area contributed by atoms with Crippen LogP contribution >= 0.6 is 0 Å². The van der Waals surface area contributed by atoms with Crippen LogP contribution in [0.2, 0.25) is 0 Å². The molecule has 0 saturated heterocycles. The lowest BCUT2D eigenvalue weighted by Crippen LogP contribution is -2.04. The van der Waals surface area contributed by atoms with Gasteiger partial charge in [-0.2, -0.15) is 0 Å². The molecule has 5 heteroatoms. The maximum absolute atomic E-state index is 11.8. The second-order valence-electron chi connectivity index (χ2n) is 3.85. The Morgan fingerprint density at radius 2 is 2.35 bits per heavy atom. The highest BCUT2D eigenvalue weighted by Crippen LogP contribution is 2.11. The van der Waals surface area contributed by atoms with Gasteiger partial charge in [-0.15, -0.1) is 0 Å². The third kappa shape index (κ3) is 2.62. The van der Waals surface area contributed by atoms with Crippen molar-refractivity contribution in [3.63, 3.8) is 0 Å². The van der Waals surface area contributed by atoms with E-state index in [0.29, 0.717) is 30.9 Å². The Bertz CT molecular complexity index is 513. The minimum atomic E-state index is -0.0206. The molecule has 2 rings (SSSR count). The number of aromatic nitrogens is 2. The van der Waals surface area contributed by atoms with Crippen molar-refractivity contribution in [3.8, 4) is 0 Å². The molecule has 0 atom stereocenters. The number of imidazole rings is 1. The van der Waals surface area contributed by atoms with Gasteiger partial charge in [0.25, 0.3) is 0 Å². The van der Waals surface area contributed by atoms with Crippen molar-refractivity contribution in [2.75, 3.05) is 0 Å². The predicted octanol–water partition coefficient (Wildman–Crippen LogP) is 1.29.